The number of carbonyl (C=O) groups excluding carboxylic acids is 1. The van der Waals surface area contributed by atoms with Crippen LogP contribution in [0.5, 0.6) is 0 Å². The maximum absolute atomic E-state index is 13.9. The Morgan fingerprint density at radius 2 is 2.20 bits per heavy atom. The van der Waals surface area contributed by atoms with E-state index in [0.29, 0.717) is 22.8 Å². The van der Waals surface area contributed by atoms with E-state index in [4.69, 9.17) is 5.73 Å². The monoisotopic (exact) mass is 291 g/mol. The van der Waals surface area contributed by atoms with Gasteiger partial charge in [-0.2, -0.15) is 0 Å². The Morgan fingerprint density at radius 3 is 2.80 bits per heavy atom. The molecule has 1 saturated carbocycles. The minimum Gasteiger partial charge on any atom is -0.341 e. The summed E-state index contributed by atoms with van der Waals surface area (Å²) in [4.78, 5) is 16.3. The van der Waals surface area contributed by atoms with Crippen molar-refractivity contribution in [2.45, 2.75) is 24.9 Å². The van der Waals surface area contributed by atoms with Crippen LogP contribution >= 0.6 is 11.3 Å². The molecule has 1 fully saturated rings. The topological polar surface area (TPSA) is 68.0 Å². The van der Waals surface area contributed by atoms with Crippen molar-refractivity contribution in [1.82, 2.24) is 10.3 Å². The highest BCUT2D eigenvalue weighted by molar-refractivity contribution is 7.09. The van der Waals surface area contributed by atoms with Crippen LogP contribution in [0.3, 0.4) is 0 Å². The van der Waals surface area contributed by atoms with Crippen LogP contribution in [0.25, 0.3) is 0 Å². The molecule has 0 spiro atoms. The second-order valence-electron chi connectivity index (χ2n) is 4.85. The largest absolute Gasteiger partial charge is 0.341 e. The van der Waals surface area contributed by atoms with Crippen LogP contribution < -0.4 is 11.1 Å². The molecule has 1 aromatic heterocycles. The Balaban J connectivity index is 1.80. The molecule has 6 heteroatoms. The van der Waals surface area contributed by atoms with Gasteiger partial charge in [-0.25, -0.2) is 9.37 Å². The Hall–Kier alpha value is -1.79. The molecule has 0 radical (unpaired) electrons. The average Bonchev–Trinajstić information content (AvgIpc) is 3.05. The normalized spacial score (nSPS) is 15.9. The number of nitrogens with zero attached hydrogens (tertiary/aromatic N) is 1. The van der Waals surface area contributed by atoms with Gasteiger partial charge >= 0.3 is 0 Å². The fraction of sp³-hybridized carbons (Fsp3) is 0.286. The smallest absolute Gasteiger partial charge is 0.271 e. The Labute approximate surface area is 119 Å². The number of halogens is 1. The minimum atomic E-state index is -0.574. The van der Waals surface area contributed by atoms with E-state index in [-0.39, 0.29) is 11.7 Å². The molecule has 1 aromatic carbocycles. The summed E-state index contributed by atoms with van der Waals surface area (Å²) in [6, 6.07) is 6.55. The Morgan fingerprint density at radius 1 is 1.45 bits per heavy atom. The van der Waals surface area contributed by atoms with Crippen LogP contribution in [-0.4, -0.2) is 10.9 Å². The summed E-state index contributed by atoms with van der Waals surface area (Å²) in [7, 11) is 0. The molecule has 0 atom stereocenters. The summed E-state index contributed by atoms with van der Waals surface area (Å²) >= 11 is 1.35. The van der Waals surface area contributed by atoms with Gasteiger partial charge in [0, 0.05) is 17.5 Å². The summed E-state index contributed by atoms with van der Waals surface area (Å²) in [6.45, 7) is 0.316. The molecule has 0 unspecified atom stereocenters. The maximum Gasteiger partial charge on any atom is 0.271 e. The highest BCUT2D eigenvalue weighted by Gasteiger charge is 2.47. The van der Waals surface area contributed by atoms with Crippen molar-refractivity contribution < 1.29 is 9.18 Å². The standard InChI is InChI=1S/C14H14FN3OS/c15-10-4-2-1-3-9(10)14(5-6-14)18-13(19)11-8-20-12(7-16)17-11/h1-4,8H,5-7,16H2,(H,18,19). The van der Waals surface area contributed by atoms with Gasteiger partial charge < -0.3 is 11.1 Å². The molecule has 0 saturated heterocycles. The highest BCUT2D eigenvalue weighted by Crippen LogP contribution is 2.46. The average molecular weight is 291 g/mol. The first-order valence-corrected chi connectivity index (χ1v) is 7.24. The number of aromatic nitrogens is 1. The van der Waals surface area contributed by atoms with Crippen LogP contribution in [0.15, 0.2) is 29.6 Å². The molecule has 104 valence electrons. The van der Waals surface area contributed by atoms with E-state index in [1.54, 1.807) is 23.6 Å². The number of nitrogens with two attached hydrogens (primary N) is 1. The van der Waals surface area contributed by atoms with E-state index in [1.165, 1.54) is 17.4 Å². The van der Waals surface area contributed by atoms with E-state index >= 15 is 0 Å². The van der Waals surface area contributed by atoms with Gasteiger partial charge in [-0.3, -0.25) is 4.79 Å². The molecule has 4 nitrogen and oxygen atoms in total. The summed E-state index contributed by atoms with van der Waals surface area (Å²) < 4.78 is 13.9. The fourth-order valence-corrected chi connectivity index (χ4v) is 2.88. The van der Waals surface area contributed by atoms with Crippen molar-refractivity contribution >= 4 is 17.2 Å². The van der Waals surface area contributed by atoms with E-state index in [1.807, 2.05) is 0 Å². The summed E-state index contributed by atoms with van der Waals surface area (Å²) in [5.41, 5.74) is 5.80. The SMILES string of the molecule is NCc1nc(C(=O)NC2(c3ccccc3F)CC2)cs1. The fourth-order valence-electron chi connectivity index (χ4n) is 2.23. The molecule has 1 heterocycles. The van der Waals surface area contributed by atoms with E-state index in [0.717, 1.165) is 12.8 Å². The Kier molecular flexibility index (Phi) is 3.27. The van der Waals surface area contributed by atoms with Gasteiger partial charge in [0.1, 0.15) is 16.5 Å². The number of nitrogens with one attached hydrogen (secondary N) is 1. The molecular weight excluding hydrogens is 277 g/mol. The lowest BCUT2D eigenvalue weighted by molar-refractivity contribution is 0.0925. The first-order chi connectivity index (χ1) is 9.64. The zero-order valence-corrected chi connectivity index (χ0v) is 11.5. The number of amides is 1. The first kappa shape index (κ1) is 13.2. The molecule has 20 heavy (non-hydrogen) atoms. The molecule has 2 aromatic rings. The lowest BCUT2D eigenvalue weighted by Crippen LogP contribution is -2.35. The summed E-state index contributed by atoms with van der Waals surface area (Å²) in [6.07, 6.45) is 1.49. The number of rotatable bonds is 4. The van der Waals surface area contributed by atoms with Crippen molar-refractivity contribution in [2.24, 2.45) is 5.73 Å². The Bertz CT molecular complexity index is 651. The lowest BCUT2D eigenvalue weighted by atomic mass is 10.0. The molecule has 1 aliphatic rings. The van der Waals surface area contributed by atoms with Gasteiger partial charge in [-0.15, -0.1) is 11.3 Å². The third-order valence-corrected chi connectivity index (χ3v) is 4.32. The highest BCUT2D eigenvalue weighted by atomic mass is 32.1. The van der Waals surface area contributed by atoms with Gasteiger partial charge in [0.2, 0.25) is 0 Å². The lowest BCUT2D eigenvalue weighted by Gasteiger charge is -2.17. The molecule has 3 N–H and O–H groups in total. The van der Waals surface area contributed by atoms with Gasteiger partial charge in [0.25, 0.3) is 5.91 Å². The predicted molar refractivity (Wildman–Crippen MR) is 74.8 cm³/mol. The second-order valence-corrected chi connectivity index (χ2v) is 5.79. The third kappa shape index (κ3) is 2.32. The second kappa shape index (κ2) is 4.96. The third-order valence-electron chi connectivity index (χ3n) is 3.45. The molecule has 3 rings (SSSR count). The minimum absolute atomic E-state index is 0.276. The van der Waals surface area contributed by atoms with Gasteiger partial charge in [-0.05, 0) is 18.9 Å². The van der Waals surface area contributed by atoms with Crippen molar-refractivity contribution in [3.63, 3.8) is 0 Å². The number of benzene rings is 1. The van der Waals surface area contributed by atoms with E-state index in [2.05, 4.69) is 10.3 Å². The van der Waals surface area contributed by atoms with Crippen LogP contribution in [-0.2, 0) is 12.1 Å². The van der Waals surface area contributed by atoms with Crippen LogP contribution in [0.2, 0.25) is 0 Å². The quantitative estimate of drug-likeness (QED) is 0.907. The first-order valence-electron chi connectivity index (χ1n) is 6.37. The molecule has 1 amide bonds. The van der Waals surface area contributed by atoms with Crippen LogP contribution in [0, 0.1) is 5.82 Å². The predicted octanol–water partition coefficient (Wildman–Crippen LogP) is 2.16. The van der Waals surface area contributed by atoms with Gasteiger partial charge in [0.05, 0.1) is 5.54 Å². The van der Waals surface area contributed by atoms with E-state index < -0.39 is 5.54 Å². The van der Waals surface area contributed by atoms with Crippen molar-refractivity contribution in [2.75, 3.05) is 0 Å². The van der Waals surface area contributed by atoms with Crippen LogP contribution in [0.1, 0.15) is 33.9 Å². The van der Waals surface area contributed by atoms with Crippen LogP contribution in [0.4, 0.5) is 4.39 Å². The van der Waals surface area contributed by atoms with Crippen molar-refractivity contribution in [3.05, 3.63) is 51.7 Å². The zero-order valence-electron chi connectivity index (χ0n) is 10.7. The van der Waals surface area contributed by atoms with Crippen molar-refractivity contribution in [1.29, 1.82) is 0 Å². The maximum atomic E-state index is 13.9. The molecule has 0 bridgehead atoms. The molecular formula is C14H14FN3OS. The van der Waals surface area contributed by atoms with Crippen molar-refractivity contribution in [3.8, 4) is 0 Å². The van der Waals surface area contributed by atoms with Gasteiger partial charge in [0.15, 0.2) is 0 Å². The molecule has 1 aliphatic carbocycles. The summed E-state index contributed by atoms with van der Waals surface area (Å²) in [5.74, 6) is -0.562. The number of hydrogen-bond acceptors (Lipinski definition) is 4. The number of thiazole rings is 1. The van der Waals surface area contributed by atoms with Gasteiger partial charge in [-0.1, -0.05) is 18.2 Å². The number of hydrogen-bond donors (Lipinski definition) is 2. The number of carbonyl (C=O) groups is 1. The summed E-state index contributed by atoms with van der Waals surface area (Å²) in [5, 5.41) is 5.29. The zero-order chi connectivity index (χ0) is 14.2. The molecule has 0 aliphatic heterocycles. The van der Waals surface area contributed by atoms with E-state index in [9.17, 15) is 9.18 Å².